The molecule has 180 valence electrons. The Kier molecular flexibility index (Phi) is 6.95. The van der Waals surface area contributed by atoms with Crippen molar-refractivity contribution in [2.45, 2.75) is 16.1 Å². The second kappa shape index (κ2) is 10.3. The van der Waals surface area contributed by atoms with Crippen molar-refractivity contribution in [3.8, 4) is 0 Å². The number of pyridine rings is 1. The molecule has 1 aliphatic rings. The number of hydrogen-bond acceptors (Lipinski definition) is 8. The van der Waals surface area contributed by atoms with Gasteiger partial charge in [-0.3, -0.25) is 19.5 Å². The van der Waals surface area contributed by atoms with E-state index in [1.807, 2.05) is 0 Å². The zero-order valence-electron chi connectivity index (χ0n) is 18.3. The number of aromatic nitrogens is 3. The molecule has 2 aromatic heterocycles. The van der Waals surface area contributed by atoms with Crippen LogP contribution in [-0.2, 0) is 15.3 Å². The SMILES string of the molecule is O=C1C(=O)N(c2nnc(SCc3ccccc3F)s2)C(c2ccncc2)/C1=C(/O)c1ccc(Br)cc1. The highest BCUT2D eigenvalue weighted by molar-refractivity contribution is 9.10. The van der Waals surface area contributed by atoms with Crippen LogP contribution >= 0.6 is 39.0 Å². The number of carbonyl (C=O) groups excluding carboxylic acids is 2. The smallest absolute Gasteiger partial charge is 0.301 e. The van der Waals surface area contributed by atoms with Gasteiger partial charge in [-0.1, -0.05) is 69.4 Å². The second-order valence-corrected chi connectivity index (χ2v) is 10.8. The molecule has 1 fully saturated rings. The van der Waals surface area contributed by atoms with Crippen LogP contribution in [0.3, 0.4) is 0 Å². The fourth-order valence-corrected chi connectivity index (χ4v) is 5.89. The van der Waals surface area contributed by atoms with Gasteiger partial charge < -0.3 is 5.11 Å². The van der Waals surface area contributed by atoms with Gasteiger partial charge >= 0.3 is 5.91 Å². The Morgan fingerprint density at radius 1 is 1.06 bits per heavy atom. The van der Waals surface area contributed by atoms with E-state index in [9.17, 15) is 19.1 Å². The highest BCUT2D eigenvalue weighted by atomic mass is 79.9. The molecule has 5 rings (SSSR count). The van der Waals surface area contributed by atoms with Crippen LogP contribution in [-0.4, -0.2) is 32.0 Å². The summed E-state index contributed by atoms with van der Waals surface area (Å²) in [5.41, 5.74) is 1.45. The lowest BCUT2D eigenvalue weighted by Gasteiger charge is -2.22. The lowest BCUT2D eigenvalue weighted by Crippen LogP contribution is -2.29. The van der Waals surface area contributed by atoms with Gasteiger partial charge in [-0.15, -0.1) is 10.2 Å². The number of Topliss-reactive ketones (excluding diaryl/α,β-unsaturated/α-hetero) is 1. The first kappa shape index (κ1) is 24.3. The molecule has 1 saturated heterocycles. The molecule has 11 heteroatoms. The summed E-state index contributed by atoms with van der Waals surface area (Å²) in [6.07, 6.45) is 3.09. The predicted octanol–water partition coefficient (Wildman–Crippen LogP) is 5.75. The van der Waals surface area contributed by atoms with Crippen molar-refractivity contribution in [3.63, 3.8) is 0 Å². The van der Waals surface area contributed by atoms with Crippen LogP contribution in [0, 0.1) is 5.82 Å². The number of hydrogen-bond donors (Lipinski definition) is 1. The lowest BCUT2D eigenvalue weighted by atomic mass is 9.96. The first-order valence-corrected chi connectivity index (χ1v) is 13.2. The quantitative estimate of drug-likeness (QED) is 0.102. The van der Waals surface area contributed by atoms with Crippen LogP contribution in [0.15, 0.2) is 87.4 Å². The molecule has 1 unspecified atom stereocenters. The van der Waals surface area contributed by atoms with Crippen LogP contribution in [0.5, 0.6) is 0 Å². The Morgan fingerprint density at radius 2 is 1.78 bits per heavy atom. The van der Waals surface area contributed by atoms with E-state index >= 15 is 0 Å². The Balaban J connectivity index is 1.53. The van der Waals surface area contributed by atoms with Crippen molar-refractivity contribution < 1.29 is 19.1 Å². The molecule has 7 nitrogen and oxygen atoms in total. The van der Waals surface area contributed by atoms with Gasteiger partial charge in [0.05, 0.1) is 11.6 Å². The summed E-state index contributed by atoms with van der Waals surface area (Å²) in [5, 5.41) is 19.6. The maximum absolute atomic E-state index is 14.0. The molecule has 0 spiro atoms. The topological polar surface area (TPSA) is 96.3 Å². The summed E-state index contributed by atoms with van der Waals surface area (Å²) in [6, 6.07) is 15.6. The number of ketones is 1. The van der Waals surface area contributed by atoms with Gasteiger partial charge in [0.1, 0.15) is 11.6 Å². The zero-order chi connectivity index (χ0) is 25.2. The molecule has 0 radical (unpaired) electrons. The standard InChI is InChI=1S/C25H16BrFN4O3S2/c26-17-7-5-15(6-8-17)21(32)19-20(14-9-11-28-12-10-14)31(23(34)22(19)33)24-29-30-25(36-24)35-13-16-3-1-2-4-18(16)27/h1-12,20,32H,13H2/b21-19-. The normalized spacial score (nSPS) is 17.1. The average Bonchev–Trinajstić information content (AvgIpc) is 3.46. The Labute approximate surface area is 221 Å². The summed E-state index contributed by atoms with van der Waals surface area (Å²) in [5.74, 6) is -1.92. The van der Waals surface area contributed by atoms with Crippen LogP contribution in [0.2, 0.25) is 0 Å². The summed E-state index contributed by atoms with van der Waals surface area (Å²) in [7, 11) is 0. The highest BCUT2D eigenvalue weighted by Crippen LogP contribution is 2.44. The molecular formula is C25H16BrFN4O3S2. The van der Waals surface area contributed by atoms with E-state index in [4.69, 9.17) is 0 Å². The van der Waals surface area contributed by atoms with E-state index in [0.717, 1.165) is 15.8 Å². The molecule has 1 aliphatic heterocycles. The largest absolute Gasteiger partial charge is 0.507 e. The van der Waals surface area contributed by atoms with Gasteiger partial charge in [0.2, 0.25) is 5.13 Å². The summed E-state index contributed by atoms with van der Waals surface area (Å²) < 4.78 is 15.3. The molecule has 36 heavy (non-hydrogen) atoms. The molecule has 0 bridgehead atoms. The molecule has 0 saturated carbocycles. The van der Waals surface area contributed by atoms with Crippen molar-refractivity contribution in [3.05, 3.63) is 106 Å². The minimum atomic E-state index is -0.922. The Hall–Kier alpha value is -3.41. The summed E-state index contributed by atoms with van der Waals surface area (Å²) in [6.45, 7) is 0. The van der Waals surface area contributed by atoms with Crippen molar-refractivity contribution in [2.75, 3.05) is 4.90 Å². The lowest BCUT2D eigenvalue weighted by molar-refractivity contribution is -0.132. The predicted molar refractivity (Wildman–Crippen MR) is 139 cm³/mol. The molecule has 1 amide bonds. The molecular weight excluding hydrogens is 567 g/mol. The number of aliphatic hydroxyl groups excluding tert-OH is 1. The third-order valence-electron chi connectivity index (χ3n) is 5.49. The van der Waals surface area contributed by atoms with Crippen LogP contribution in [0.1, 0.15) is 22.7 Å². The number of halogens is 2. The van der Waals surface area contributed by atoms with E-state index in [0.29, 0.717) is 26.8 Å². The first-order chi connectivity index (χ1) is 17.4. The molecule has 0 aliphatic carbocycles. The number of benzene rings is 2. The highest BCUT2D eigenvalue weighted by Gasteiger charge is 2.48. The third kappa shape index (κ3) is 4.69. The van der Waals surface area contributed by atoms with E-state index in [-0.39, 0.29) is 22.3 Å². The van der Waals surface area contributed by atoms with E-state index in [1.54, 1.807) is 67.0 Å². The average molecular weight is 583 g/mol. The number of thioether (sulfide) groups is 1. The number of rotatable bonds is 6. The minimum Gasteiger partial charge on any atom is -0.507 e. The number of aliphatic hydroxyl groups is 1. The van der Waals surface area contributed by atoms with E-state index < -0.39 is 17.7 Å². The fourth-order valence-electron chi connectivity index (χ4n) is 3.77. The minimum absolute atomic E-state index is 0.0516. The molecule has 4 aromatic rings. The fraction of sp³-hybridized carbons (Fsp3) is 0.0800. The van der Waals surface area contributed by atoms with Crippen molar-refractivity contribution in [1.29, 1.82) is 0 Å². The molecule has 2 aromatic carbocycles. The van der Waals surface area contributed by atoms with Gasteiger partial charge in [-0.25, -0.2) is 4.39 Å². The number of anilines is 1. The Morgan fingerprint density at radius 3 is 2.50 bits per heavy atom. The van der Waals surface area contributed by atoms with Crippen LogP contribution in [0.25, 0.3) is 5.76 Å². The number of nitrogens with zero attached hydrogens (tertiary/aromatic N) is 4. The van der Waals surface area contributed by atoms with Crippen molar-refractivity contribution in [2.24, 2.45) is 0 Å². The second-order valence-electron chi connectivity index (χ2n) is 7.69. The van der Waals surface area contributed by atoms with E-state index in [1.165, 1.54) is 22.7 Å². The van der Waals surface area contributed by atoms with Crippen LogP contribution in [0.4, 0.5) is 9.52 Å². The van der Waals surface area contributed by atoms with E-state index in [2.05, 4.69) is 31.1 Å². The van der Waals surface area contributed by atoms with Crippen molar-refractivity contribution >= 4 is 61.6 Å². The number of amides is 1. The molecule has 1 atom stereocenters. The maximum Gasteiger partial charge on any atom is 0.301 e. The Bertz CT molecular complexity index is 1480. The zero-order valence-corrected chi connectivity index (χ0v) is 21.6. The molecule has 1 N–H and O–H groups in total. The maximum atomic E-state index is 14.0. The van der Waals surface area contributed by atoms with Gasteiger partial charge in [0.15, 0.2) is 4.34 Å². The van der Waals surface area contributed by atoms with Gasteiger partial charge in [0.25, 0.3) is 5.78 Å². The molecule has 3 heterocycles. The van der Waals surface area contributed by atoms with Crippen LogP contribution < -0.4 is 4.90 Å². The van der Waals surface area contributed by atoms with Crippen molar-refractivity contribution in [1.82, 2.24) is 15.2 Å². The van der Waals surface area contributed by atoms with Gasteiger partial charge in [-0.2, -0.15) is 0 Å². The van der Waals surface area contributed by atoms with Gasteiger partial charge in [0, 0.05) is 28.2 Å². The summed E-state index contributed by atoms with van der Waals surface area (Å²) in [4.78, 5) is 31.7. The monoisotopic (exact) mass is 582 g/mol. The first-order valence-electron chi connectivity index (χ1n) is 10.6. The van der Waals surface area contributed by atoms with Gasteiger partial charge in [-0.05, 0) is 41.5 Å². The number of carbonyl (C=O) groups is 2. The summed E-state index contributed by atoms with van der Waals surface area (Å²) >= 11 is 5.75. The third-order valence-corrected chi connectivity index (χ3v) is 8.13.